The van der Waals surface area contributed by atoms with Crippen molar-refractivity contribution in [1.29, 1.82) is 0 Å². The molecule has 2 amide bonds. The number of benzene rings is 4. The number of rotatable bonds is 10. The second-order valence-electron chi connectivity index (χ2n) is 11.4. The molecule has 46 heavy (non-hydrogen) atoms. The number of hydrogen-bond donors (Lipinski definition) is 4. The molecule has 0 radical (unpaired) electrons. The van der Waals surface area contributed by atoms with E-state index in [1.807, 2.05) is 103 Å². The minimum absolute atomic E-state index is 0.0160. The third kappa shape index (κ3) is 7.26. The van der Waals surface area contributed by atoms with Crippen LogP contribution < -0.4 is 16.0 Å². The molecule has 1 aliphatic heterocycles. The number of ether oxygens (including phenoxy) is 2. The number of morpholine rings is 1. The summed E-state index contributed by atoms with van der Waals surface area (Å²) < 4.78 is 11.2. The molecule has 0 bridgehead atoms. The predicted molar refractivity (Wildman–Crippen MR) is 181 cm³/mol. The minimum atomic E-state index is -0.937. The van der Waals surface area contributed by atoms with E-state index in [1.165, 1.54) is 7.11 Å². The van der Waals surface area contributed by atoms with Gasteiger partial charge in [0.25, 0.3) is 0 Å². The number of H-pyrrole nitrogens is 1. The molecule has 1 aliphatic rings. The van der Waals surface area contributed by atoms with Crippen molar-refractivity contribution < 1.29 is 19.1 Å². The standard InChI is InChI=1S/C37H37ClN4O4/c1-45-37(44)42-35(33(25-12-4-2-5-13-25)26-14-6-3-7-15-26)36(43)41-30-18-9-8-11-24(30)19-20-28-22-39-32(23-46-28)31-21-27-16-10-17-29(38)34(27)40-31/h2-18,21,28,32-33,35,39-40H,19-20,22-23H2,1H3,(H,41,43)(H,42,44). The van der Waals surface area contributed by atoms with E-state index in [-0.39, 0.29) is 18.1 Å². The van der Waals surface area contributed by atoms with Crippen LogP contribution in [-0.2, 0) is 20.7 Å². The zero-order valence-electron chi connectivity index (χ0n) is 25.5. The van der Waals surface area contributed by atoms with Crippen molar-refractivity contribution in [2.24, 2.45) is 0 Å². The van der Waals surface area contributed by atoms with Crippen molar-refractivity contribution in [2.45, 2.75) is 36.9 Å². The summed E-state index contributed by atoms with van der Waals surface area (Å²) in [6, 6.07) is 34.2. The average Bonchev–Trinajstić information content (AvgIpc) is 3.54. The molecule has 1 saturated heterocycles. The second-order valence-corrected chi connectivity index (χ2v) is 11.8. The summed E-state index contributed by atoms with van der Waals surface area (Å²) in [5.74, 6) is -0.788. The third-order valence-corrected chi connectivity index (χ3v) is 8.81. The number of alkyl carbamates (subject to hydrolysis) is 1. The van der Waals surface area contributed by atoms with Crippen LogP contribution in [0.5, 0.6) is 0 Å². The SMILES string of the molecule is COC(=O)NC(C(=O)Nc1ccccc1CCC1CNC(c2cc3cccc(Cl)c3[nH]2)CO1)C(c1ccccc1)c1ccccc1. The summed E-state index contributed by atoms with van der Waals surface area (Å²) in [4.78, 5) is 30.0. The maximum atomic E-state index is 14.0. The molecule has 0 spiro atoms. The first-order valence-corrected chi connectivity index (χ1v) is 15.8. The number of nitrogens with one attached hydrogen (secondary N) is 4. The monoisotopic (exact) mass is 636 g/mol. The molecular formula is C37H37ClN4O4. The molecule has 5 aromatic rings. The summed E-state index contributed by atoms with van der Waals surface area (Å²) in [7, 11) is 1.29. The van der Waals surface area contributed by atoms with Crippen LogP contribution in [0.3, 0.4) is 0 Å². The molecule has 3 unspecified atom stereocenters. The van der Waals surface area contributed by atoms with Gasteiger partial charge in [0.05, 0.1) is 36.4 Å². The van der Waals surface area contributed by atoms with Gasteiger partial charge in [-0.15, -0.1) is 0 Å². The zero-order chi connectivity index (χ0) is 31.9. The smallest absolute Gasteiger partial charge is 0.407 e. The Morgan fingerprint density at radius 1 is 0.935 bits per heavy atom. The minimum Gasteiger partial charge on any atom is -0.453 e. The lowest BCUT2D eigenvalue weighted by Gasteiger charge is -2.30. The number of aromatic amines is 1. The van der Waals surface area contributed by atoms with E-state index < -0.39 is 18.1 Å². The summed E-state index contributed by atoms with van der Waals surface area (Å²) >= 11 is 6.36. The number of amides is 2. The molecule has 9 heteroatoms. The molecular weight excluding hydrogens is 600 g/mol. The zero-order valence-corrected chi connectivity index (χ0v) is 26.3. The molecule has 4 aromatic carbocycles. The Morgan fingerprint density at radius 3 is 2.28 bits per heavy atom. The number of methoxy groups -OCH3 is 1. The lowest BCUT2D eigenvalue weighted by Crippen LogP contribution is -2.48. The summed E-state index contributed by atoms with van der Waals surface area (Å²) in [5, 5.41) is 11.3. The van der Waals surface area contributed by atoms with E-state index in [0.717, 1.165) is 39.7 Å². The van der Waals surface area contributed by atoms with Gasteiger partial charge in [-0.05, 0) is 47.7 Å². The molecule has 0 aliphatic carbocycles. The molecule has 0 saturated carbocycles. The van der Waals surface area contributed by atoms with Gasteiger partial charge in [-0.1, -0.05) is 103 Å². The molecule has 1 aromatic heterocycles. The van der Waals surface area contributed by atoms with E-state index in [1.54, 1.807) is 0 Å². The van der Waals surface area contributed by atoms with Gasteiger partial charge in [-0.2, -0.15) is 0 Å². The predicted octanol–water partition coefficient (Wildman–Crippen LogP) is 6.98. The average molecular weight is 637 g/mol. The Balaban J connectivity index is 1.14. The fraction of sp³-hybridized carbons (Fsp3) is 0.243. The van der Waals surface area contributed by atoms with Crippen LogP contribution in [0, 0.1) is 0 Å². The second kappa shape index (κ2) is 14.6. The van der Waals surface area contributed by atoms with Gasteiger partial charge < -0.3 is 30.4 Å². The fourth-order valence-electron chi connectivity index (χ4n) is 6.11. The van der Waals surface area contributed by atoms with Crippen LogP contribution in [0.15, 0.2) is 109 Å². The van der Waals surface area contributed by atoms with Crippen LogP contribution in [0.1, 0.15) is 40.8 Å². The maximum absolute atomic E-state index is 14.0. The van der Waals surface area contributed by atoms with Gasteiger partial charge in [-0.3, -0.25) is 4.79 Å². The van der Waals surface area contributed by atoms with Gasteiger partial charge in [0.15, 0.2) is 0 Å². The fourth-order valence-corrected chi connectivity index (χ4v) is 6.34. The first kappa shape index (κ1) is 31.4. The van der Waals surface area contributed by atoms with Crippen molar-refractivity contribution in [3.8, 4) is 0 Å². The first-order chi connectivity index (χ1) is 22.5. The number of halogens is 1. The van der Waals surface area contributed by atoms with Crippen molar-refractivity contribution >= 4 is 40.2 Å². The number of hydrogen-bond acceptors (Lipinski definition) is 5. The van der Waals surface area contributed by atoms with Gasteiger partial charge in [0.2, 0.25) is 5.91 Å². The van der Waals surface area contributed by atoms with Gasteiger partial charge in [0.1, 0.15) is 6.04 Å². The van der Waals surface area contributed by atoms with Crippen LogP contribution in [0.4, 0.5) is 10.5 Å². The van der Waals surface area contributed by atoms with E-state index in [0.29, 0.717) is 30.3 Å². The van der Waals surface area contributed by atoms with Crippen LogP contribution in [0.2, 0.25) is 5.02 Å². The van der Waals surface area contributed by atoms with Crippen LogP contribution >= 0.6 is 11.6 Å². The molecule has 1 fully saturated rings. The van der Waals surface area contributed by atoms with Crippen molar-refractivity contribution in [2.75, 3.05) is 25.6 Å². The van der Waals surface area contributed by atoms with Crippen molar-refractivity contribution in [1.82, 2.24) is 15.6 Å². The number of carbonyl (C=O) groups is 2. The van der Waals surface area contributed by atoms with E-state index in [2.05, 4.69) is 27.0 Å². The number of para-hydroxylation sites is 2. The normalized spacial score (nSPS) is 17.0. The molecule has 236 valence electrons. The lowest BCUT2D eigenvalue weighted by molar-refractivity contribution is -0.118. The van der Waals surface area contributed by atoms with Crippen LogP contribution in [0.25, 0.3) is 10.9 Å². The van der Waals surface area contributed by atoms with E-state index >= 15 is 0 Å². The van der Waals surface area contributed by atoms with Crippen LogP contribution in [-0.4, -0.2) is 49.4 Å². The highest BCUT2D eigenvalue weighted by Crippen LogP contribution is 2.31. The molecule has 3 atom stereocenters. The van der Waals surface area contributed by atoms with Gasteiger partial charge >= 0.3 is 6.09 Å². The Labute approximate surface area is 273 Å². The maximum Gasteiger partial charge on any atom is 0.407 e. The highest BCUT2D eigenvalue weighted by atomic mass is 35.5. The number of fused-ring (bicyclic) bond motifs is 1. The van der Waals surface area contributed by atoms with Crippen molar-refractivity contribution in [3.05, 3.63) is 137 Å². The highest BCUT2D eigenvalue weighted by molar-refractivity contribution is 6.35. The number of anilines is 1. The van der Waals surface area contributed by atoms with E-state index in [4.69, 9.17) is 21.1 Å². The largest absolute Gasteiger partial charge is 0.453 e. The van der Waals surface area contributed by atoms with Gasteiger partial charge in [-0.25, -0.2) is 4.79 Å². The summed E-state index contributed by atoms with van der Waals surface area (Å²) in [5.41, 5.74) is 5.46. The van der Waals surface area contributed by atoms with Gasteiger partial charge in [0, 0.05) is 29.2 Å². The van der Waals surface area contributed by atoms with Crippen molar-refractivity contribution in [3.63, 3.8) is 0 Å². The first-order valence-electron chi connectivity index (χ1n) is 15.5. The topological polar surface area (TPSA) is 104 Å². The molecule has 4 N–H and O–H groups in total. The Morgan fingerprint density at radius 2 is 1.63 bits per heavy atom. The number of carbonyl (C=O) groups excluding carboxylic acids is 2. The molecule has 6 rings (SSSR count). The summed E-state index contributed by atoms with van der Waals surface area (Å²) in [6.45, 7) is 1.23. The quantitative estimate of drug-likeness (QED) is 0.132. The lowest BCUT2D eigenvalue weighted by atomic mass is 9.84. The molecule has 8 nitrogen and oxygen atoms in total. The number of aryl methyl sites for hydroxylation is 1. The van der Waals surface area contributed by atoms with E-state index in [9.17, 15) is 9.59 Å². The summed E-state index contributed by atoms with van der Waals surface area (Å²) in [6.07, 6.45) is 0.806. The molecule has 2 heterocycles. The Bertz CT molecular complexity index is 1730. The Hall–Kier alpha value is -4.63. The third-order valence-electron chi connectivity index (χ3n) is 8.49. The number of aromatic nitrogens is 1. The Kier molecular flexibility index (Phi) is 9.98. The highest BCUT2D eigenvalue weighted by Gasteiger charge is 2.33.